The van der Waals surface area contributed by atoms with Crippen LogP contribution >= 0.6 is 11.6 Å². The Balaban J connectivity index is 2.62. The van der Waals surface area contributed by atoms with E-state index < -0.39 is 5.97 Å². The number of fused-ring (bicyclic) bond motifs is 1. The molecule has 0 bridgehead atoms. The number of esters is 1. The predicted molar refractivity (Wildman–Crippen MR) is 49.3 cm³/mol. The number of hydrogen-bond acceptors (Lipinski definition) is 4. The van der Waals surface area contributed by atoms with Crippen LogP contribution in [0.1, 0.15) is 10.5 Å². The minimum absolute atomic E-state index is 0.211. The summed E-state index contributed by atoms with van der Waals surface area (Å²) in [6, 6.07) is 0. The van der Waals surface area contributed by atoms with Crippen LogP contribution in [-0.2, 0) is 4.74 Å². The number of hydrogen-bond donors (Lipinski definition) is 0. The molecule has 72 valence electrons. The third-order valence-corrected chi connectivity index (χ3v) is 1.99. The van der Waals surface area contributed by atoms with Gasteiger partial charge in [-0.3, -0.25) is 0 Å². The molecule has 0 amide bonds. The van der Waals surface area contributed by atoms with Crippen LogP contribution in [0.15, 0.2) is 18.6 Å². The molecule has 0 spiro atoms. The number of ether oxygens (including phenoxy) is 1. The second-order valence-corrected chi connectivity index (χ2v) is 2.92. The fourth-order valence-corrected chi connectivity index (χ4v) is 1.29. The molecule has 2 heterocycles. The van der Waals surface area contributed by atoms with Gasteiger partial charge in [0.1, 0.15) is 0 Å². The number of carbonyl (C=O) groups is 1. The Labute approximate surface area is 84.3 Å². The first kappa shape index (κ1) is 8.96. The summed E-state index contributed by atoms with van der Waals surface area (Å²) < 4.78 is 6.14. The Hall–Kier alpha value is -1.62. The molecule has 0 aliphatic rings. The lowest BCUT2D eigenvalue weighted by Gasteiger charge is -1.91. The smallest absolute Gasteiger partial charge is 0.358 e. The molecule has 6 heteroatoms. The Morgan fingerprint density at radius 1 is 1.64 bits per heavy atom. The van der Waals surface area contributed by atoms with Crippen LogP contribution in [0.2, 0.25) is 5.15 Å². The van der Waals surface area contributed by atoms with Crippen molar-refractivity contribution in [1.82, 2.24) is 14.4 Å². The van der Waals surface area contributed by atoms with Crippen molar-refractivity contribution >= 4 is 23.2 Å². The fourth-order valence-electron chi connectivity index (χ4n) is 1.09. The highest BCUT2D eigenvalue weighted by atomic mass is 35.5. The van der Waals surface area contributed by atoms with E-state index in [1.807, 2.05) is 0 Å². The highest BCUT2D eigenvalue weighted by Gasteiger charge is 2.12. The Bertz CT molecular complexity index is 494. The van der Waals surface area contributed by atoms with Gasteiger partial charge in [-0.1, -0.05) is 11.6 Å². The van der Waals surface area contributed by atoms with Crippen molar-refractivity contribution in [3.8, 4) is 0 Å². The van der Waals surface area contributed by atoms with Crippen molar-refractivity contribution in [3.63, 3.8) is 0 Å². The molecule has 2 rings (SSSR count). The summed E-state index contributed by atoms with van der Waals surface area (Å²) in [7, 11) is 1.30. The second-order valence-electron chi connectivity index (χ2n) is 2.57. The lowest BCUT2D eigenvalue weighted by molar-refractivity contribution is 0.0595. The van der Waals surface area contributed by atoms with Crippen LogP contribution in [0, 0.1) is 0 Å². The lowest BCUT2D eigenvalue weighted by Crippen LogP contribution is -2.00. The summed E-state index contributed by atoms with van der Waals surface area (Å²) >= 11 is 5.77. The van der Waals surface area contributed by atoms with Gasteiger partial charge in [-0.05, 0) is 0 Å². The highest BCUT2D eigenvalue weighted by molar-refractivity contribution is 6.32. The molecule has 0 radical (unpaired) electrons. The number of rotatable bonds is 1. The molecule has 2 aromatic heterocycles. The Kier molecular flexibility index (Phi) is 2.09. The maximum absolute atomic E-state index is 11.1. The number of carbonyl (C=O) groups excluding carboxylic acids is 1. The van der Waals surface area contributed by atoms with E-state index in [9.17, 15) is 4.79 Å². The quantitative estimate of drug-likeness (QED) is 0.665. The van der Waals surface area contributed by atoms with Crippen molar-refractivity contribution < 1.29 is 9.53 Å². The van der Waals surface area contributed by atoms with Crippen molar-refractivity contribution in [1.29, 1.82) is 0 Å². The average molecular weight is 212 g/mol. The molecule has 0 fully saturated rings. The number of imidazole rings is 1. The van der Waals surface area contributed by atoms with Crippen LogP contribution in [0.3, 0.4) is 0 Å². The van der Waals surface area contributed by atoms with Crippen molar-refractivity contribution in [2.45, 2.75) is 0 Å². The van der Waals surface area contributed by atoms with E-state index in [4.69, 9.17) is 11.6 Å². The van der Waals surface area contributed by atoms with E-state index in [-0.39, 0.29) is 10.8 Å². The van der Waals surface area contributed by atoms with Crippen LogP contribution < -0.4 is 0 Å². The summed E-state index contributed by atoms with van der Waals surface area (Å²) in [5.41, 5.74) is 0.650. The third kappa shape index (κ3) is 1.31. The maximum Gasteiger partial charge on any atom is 0.358 e. The monoisotopic (exact) mass is 211 g/mol. The average Bonchev–Trinajstić information content (AvgIpc) is 2.62. The van der Waals surface area contributed by atoms with Crippen LogP contribution in [0.4, 0.5) is 0 Å². The van der Waals surface area contributed by atoms with Gasteiger partial charge in [0, 0.05) is 18.6 Å². The Morgan fingerprint density at radius 2 is 2.43 bits per heavy atom. The van der Waals surface area contributed by atoms with Crippen LogP contribution in [0.5, 0.6) is 0 Å². The molecular formula is C8H6ClN3O2. The van der Waals surface area contributed by atoms with Crippen LogP contribution in [0.25, 0.3) is 5.65 Å². The summed E-state index contributed by atoms with van der Waals surface area (Å²) in [6.07, 6.45) is 4.72. The number of methoxy groups -OCH3 is 1. The minimum atomic E-state index is -0.496. The normalized spacial score (nSPS) is 10.4. The molecule has 0 N–H and O–H groups in total. The molecule has 0 saturated heterocycles. The van der Waals surface area contributed by atoms with E-state index in [1.165, 1.54) is 19.5 Å². The minimum Gasteiger partial charge on any atom is -0.464 e. The van der Waals surface area contributed by atoms with E-state index in [0.29, 0.717) is 5.65 Å². The molecule has 2 aromatic rings. The fraction of sp³-hybridized carbons (Fsp3) is 0.125. The van der Waals surface area contributed by atoms with Gasteiger partial charge in [0.25, 0.3) is 0 Å². The van der Waals surface area contributed by atoms with E-state index >= 15 is 0 Å². The predicted octanol–water partition coefficient (Wildman–Crippen LogP) is 1.17. The van der Waals surface area contributed by atoms with E-state index in [1.54, 1.807) is 10.6 Å². The lowest BCUT2D eigenvalue weighted by atomic mass is 10.5. The van der Waals surface area contributed by atoms with Gasteiger partial charge in [-0.2, -0.15) is 0 Å². The molecule has 0 aromatic carbocycles. The summed E-state index contributed by atoms with van der Waals surface area (Å²) in [4.78, 5) is 18.9. The van der Waals surface area contributed by atoms with Gasteiger partial charge < -0.3 is 9.14 Å². The molecule has 0 aliphatic carbocycles. The zero-order valence-corrected chi connectivity index (χ0v) is 8.02. The number of halogens is 1. The zero-order valence-electron chi connectivity index (χ0n) is 7.27. The molecule has 14 heavy (non-hydrogen) atoms. The zero-order chi connectivity index (χ0) is 10.1. The topological polar surface area (TPSA) is 56.5 Å². The molecular weight excluding hydrogens is 206 g/mol. The van der Waals surface area contributed by atoms with Gasteiger partial charge in [-0.25, -0.2) is 14.8 Å². The first-order chi connectivity index (χ1) is 6.72. The second kappa shape index (κ2) is 3.26. The third-order valence-electron chi connectivity index (χ3n) is 1.73. The summed E-state index contributed by atoms with van der Waals surface area (Å²) in [5.74, 6) is -0.496. The SMILES string of the molecule is COC(=O)c1cn2ccnc(Cl)c2n1. The van der Waals surface area contributed by atoms with Gasteiger partial charge in [0.15, 0.2) is 16.5 Å². The van der Waals surface area contributed by atoms with Gasteiger partial charge in [0.05, 0.1) is 7.11 Å². The highest BCUT2D eigenvalue weighted by Crippen LogP contribution is 2.13. The molecule has 0 unspecified atom stereocenters. The van der Waals surface area contributed by atoms with Gasteiger partial charge >= 0.3 is 5.97 Å². The molecule has 0 atom stereocenters. The first-order valence-corrected chi connectivity index (χ1v) is 4.17. The van der Waals surface area contributed by atoms with E-state index in [2.05, 4.69) is 14.7 Å². The summed E-state index contributed by atoms with van der Waals surface area (Å²) in [5, 5.41) is 0.252. The van der Waals surface area contributed by atoms with Crippen LogP contribution in [-0.4, -0.2) is 27.4 Å². The number of nitrogens with zero attached hydrogens (tertiary/aromatic N) is 3. The molecule has 5 nitrogen and oxygen atoms in total. The maximum atomic E-state index is 11.1. The first-order valence-electron chi connectivity index (χ1n) is 3.80. The molecule has 0 aliphatic heterocycles. The van der Waals surface area contributed by atoms with Crippen molar-refractivity contribution in [3.05, 3.63) is 29.4 Å². The number of aromatic nitrogens is 3. The largest absolute Gasteiger partial charge is 0.464 e. The molecule has 0 saturated carbocycles. The van der Waals surface area contributed by atoms with Gasteiger partial charge in [0.2, 0.25) is 0 Å². The van der Waals surface area contributed by atoms with Gasteiger partial charge in [-0.15, -0.1) is 0 Å². The van der Waals surface area contributed by atoms with Crippen molar-refractivity contribution in [2.75, 3.05) is 7.11 Å². The standard InChI is InChI=1S/C8H6ClN3O2/c1-14-8(13)5-4-12-3-2-10-6(9)7(12)11-5/h2-4H,1H3. The summed E-state index contributed by atoms with van der Waals surface area (Å²) in [6.45, 7) is 0. The van der Waals surface area contributed by atoms with E-state index in [0.717, 1.165) is 0 Å². The van der Waals surface area contributed by atoms with Crippen molar-refractivity contribution in [2.24, 2.45) is 0 Å². The Morgan fingerprint density at radius 3 is 3.07 bits per heavy atom.